The van der Waals surface area contributed by atoms with Gasteiger partial charge in [-0.15, -0.1) is 0 Å². The maximum Gasteiger partial charge on any atom is 0.322 e. The number of nitrogens with one attached hydrogen (secondary N) is 2. The lowest BCUT2D eigenvalue weighted by Gasteiger charge is -2.03. The fourth-order valence-corrected chi connectivity index (χ4v) is 1.37. The summed E-state index contributed by atoms with van der Waals surface area (Å²) < 4.78 is 0.904. The number of carbonyl (C=O) groups excluding carboxylic acids is 1. The van der Waals surface area contributed by atoms with Crippen LogP contribution >= 0.6 is 15.9 Å². The van der Waals surface area contributed by atoms with E-state index in [1.807, 2.05) is 0 Å². The monoisotopic (exact) mass is 323 g/mol. The zero-order chi connectivity index (χ0) is 14.3. The predicted molar refractivity (Wildman–Crippen MR) is 72.1 cm³/mol. The van der Waals surface area contributed by atoms with Gasteiger partial charge in [0.25, 0.3) is 5.91 Å². The van der Waals surface area contributed by atoms with Crippen molar-refractivity contribution in [1.82, 2.24) is 5.32 Å². The van der Waals surface area contributed by atoms with Crippen LogP contribution in [0, 0.1) is 11.3 Å². The van der Waals surface area contributed by atoms with Crippen LogP contribution in [0.15, 0.2) is 40.5 Å². The van der Waals surface area contributed by atoms with E-state index >= 15 is 0 Å². The summed E-state index contributed by atoms with van der Waals surface area (Å²) in [5.74, 6) is -1.92. The summed E-state index contributed by atoms with van der Waals surface area (Å²) in [6.07, 6.45) is 1.22. The molecule has 0 saturated heterocycles. The van der Waals surface area contributed by atoms with Crippen molar-refractivity contribution < 1.29 is 14.7 Å². The van der Waals surface area contributed by atoms with Crippen LogP contribution in [0.1, 0.15) is 0 Å². The van der Waals surface area contributed by atoms with E-state index < -0.39 is 18.4 Å². The number of anilines is 1. The molecule has 3 N–H and O–H groups in total. The molecule has 0 aliphatic carbocycles. The van der Waals surface area contributed by atoms with E-state index in [-0.39, 0.29) is 5.57 Å². The van der Waals surface area contributed by atoms with Crippen LogP contribution < -0.4 is 10.6 Å². The summed E-state index contributed by atoms with van der Waals surface area (Å²) in [5.41, 5.74) is 0.492. The molecule has 0 heterocycles. The third-order valence-electron chi connectivity index (χ3n) is 1.99. The Morgan fingerprint density at radius 1 is 1.37 bits per heavy atom. The number of carbonyl (C=O) groups is 2. The molecule has 1 aromatic carbocycles. The molecule has 1 rings (SSSR count). The summed E-state index contributed by atoms with van der Waals surface area (Å²) >= 11 is 3.28. The van der Waals surface area contributed by atoms with Crippen LogP contribution in [0.3, 0.4) is 0 Å². The second kappa shape index (κ2) is 7.18. The van der Waals surface area contributed by atoms with Gasteiger partial charge in [0.05, 0.1) is 0 Å². The van der Waals surface area contributed by atoms with Gasteiger partial charge in [-0.25, -0.2) is 0 Å². The average molecular weight is 324 g/mol. The summed E-state index contributed by atoms with van der Waals surface area (Å²) in [5, 5.41) is 22.1. The first-order chi connectivity index (χ1) is 9.02. The van der Waals surface area contributed by atoms with Gasteiger partial charge in [0.15, 0.2) is 0 Å². The first-order valence-corrected chi connectivity index (χ1v) is 5.94. The second-order valence-electron chi connectivity index (χ2n) is 3.40. The summed E-state index contributed by atoms with van der Waals surface area (Å²) in [7, 11) is 0. The molecule has 0 aliphatic heterocycles. The number of nitriles is 1. The van der Waals surface area contributed by atoms with Crippen LogP contribution in [0.4, 0.5) is 5.69 Å². The maximum absolute atomic E-state index is 11.4. The zero-order valence-electron chi connectivity index (χ0n) is 9.68. The molecule has 0 spiro atoms. The van der Waals surface area contributed by atoms with Crippen molar-refractivity contribution in [3.63, 3.8) is 0 Å². The number of hydrogen-bond acceptors (Lipinski definition) is 4. The molecular formula is C12H10BrN3O3. The molecule has 6 nitrogen and oxygen atoms in total. The van der Waals surface area contributed by atoms with E-state index in [1.165, 1.54) is 6.20 Å². The molecular weight excluding hydrogens is 314 g/mol. The van der Waals surface area contributed by atoms with Crippen molar-refractivity contribution in [3.05, 3.63) is 40.5 Å². The number of nitrogens with zero attached hydrogens (tertiary/aromatic N) is 1. The number of benzene rings is 1. The topological polar surface area (TPSA) is 102 Å². The van der Waals surface area contributed by atoms with Gasteiger partial charge in [-0.1, -0.05) is 15.9 Å². The SMILES string of the molecule is N#C/C(=C/Nc1ccc(Br)cc1)C(=O)NCC(=O)O. The van der Waals surface area contributed by atoms with Crippen LogP contribution in [0.2, 0.25) is 0 Å². The van der Waals surface area contributed by atoms with E-state index in [0.29, 0.717) is 5.69 Å². The number of hydrogen-bond donors (Lipinski definition) is 3. The van der Waals surface area contributed by atoms with Gasteiger partial charge in [-0.2, -0.15) is 5.26 Å². The Balaban J connectivity index is 2.66. The molecule has 0 radical (unpaired) electrons. The highest BCUT2D eigenvalue weighted by Gasteiger charge is 2.09. The third-order valence-corrected chi connectivity index (χ3v) is 2.52. The minimum Gasteiger partial charge on any atom is -0.480 e. The first kappa shape index (κ1) is 14.7. The van der Waals surface area contributed by atoms with E-state index in [0.717, 1.165) is 4.47 Å². The highest BCUT2D eigenvalue weighted by Crippen LogP contribution is 2.14. The summed E-state index contributed by atoms with van der Waals surface area (Å²) in [6, 6.07) is 8.80. The van der Waals surface area contributed by atoms with Gasteiger partial charge in [-0.3, -0.25) is 9.59 Å². The van der Waals surface area contributed by atoms with Crippen molar-refractivity contribution in [1.29, 1.82) is 5.26 Å². The third kappa shape index (κ3) is 5.23. The Kier molecular flexibility index (Phi) is 5.57. The molecule has 7 heteroatoms. The maximum atomic E-state index is 11.4. The van der Waals surface area contributed by atoms with Gasteiger partial charge < -0.3 is 15.7 Å². The molecule has 1 amide bonds. The molecule has 1 aromatic rings. The lowest BCUT2D eigenvalue weighted by atomic mass is 10.3. The highest BCUT2D eigenvalue weighted by molar-refractivity contribution is 9.10. The normalized spacial score (nSPS) is 10.4. The van der Waals surface area contributed by atoms with Crippen molar-refractivity contribution in [2.24, 2.45) is 0 Å². The minimum absolute atomic E-state index is 0.204. The fraction of sp³-hybridized carbons (Fsp3) is 0.0833. The van der Waals surface area contributed by atoms with Crippen LogP contribution in [-0.4, -0.2) is 23.5 Å². The van der Waals surface area contributed by atoms with E-state index in [4.69, 9.17) is 10.4 Å². The highest BCUT2D eigenvalue weighted by atomic mass is 79.9. The Bertz CT molecular complexity index is 546. The Labute approximate surface area is 117 Å². The van der Waals surface area contributed by atoms with Gasteiger partial charge >= 0.3 is 5.97 Å². The van der Waals surface area contributed by atoms with E-state index in [1.54, 1.807) is 30.3 Å². The summed E-state index contributed by atoms with van der Waals surface area (Å²) in [6.45, 7) is -0.532. The molecule has 0 unspecified atom stereocenters. The number of aliphatic carboxylic acids is 1. The molecule has 0 aliphatic rings. The van der Waals surface area contributed by atoms with Crippen molar-refractivity contribution >= 4 is 33.5 Å². The molecule has 19 heavy (non-hydrogen) atoms. The minimum atomic E-state index is -1.17. The number of rotatable bonds is 5. The first-order valence-electron chi connectivity index (χ1n) is 5.15. The largest absolute Gasteiger partial charge is 0.480 e. The lowest BCUT2D eigenvalue weighted by Crippen LogP contribution is -2.30. The van der Waals surface area contributed by atoms with Gasteiger partial charge in [0.1, 0.15) is 18.2 Å². The zero-order valence-corrected chi connectivity index (χ0v) is 11.3. The van der Waals surface area contributed by atoms with Crippen LogP contribution in [0.25, 0.3) is 0 Å². The van der Waals surface area contributed by atoms with E-state index in [2.05, 4.69) is 26.6 Å². The molecule has 0 saturated carbocycles. The molecule has 0 fully saturated rings. The van der Waals surface area contributed by atoms with Gasteiger partial charge in [-0.05, 0) is 24.3 Å². The predicted octanol–water partition coefficient (Wildman–Crippen LogP) is 1.47. The molecule has 0 atom stereocenters. The second-order valence-corrected chi connectivity index (χ2v) is 4.31. The average Bonchev–Trinajstić information content (AvgIpc) is 2.39. The standard InChI is InChI=1S/C12H10BrN3O3/c13-9-1-3-10(4-2-9)15-6-8(5-14)12(19)16-7-11(17)18/h1-4,6,15H,7H2,(H,16,19)(H,17,18)/b8-6-. The van der Waals surface area contributed by atoms with Gasteiger partial charge in [0.2, 0.25) is 0 Å². The summed E-state index contributed by atoms with van der Waals surface area (Å²) in [4.78, 5) is 21.7. The number of carboxylic acids is 1. The van der Waals surface area contributed by atoms with Crippen LogP contribution in [0.5, 0.6) is 0 Å². The van der Waals surface area contributed by atoms with Gasteiger partial charge in [0, 0.05) is 16.4 Å². The smallest absolute Gasteiger partial charge is 0.322 e. The van der Waals surface area contributed by atoms with Crippen molar-refractivity contribution in [2.45, 2.75) is 0 Å². The number of carboxylic acid groups (broad SMARTS) is 1. The molecule has 0 bridgehead atoms. The number of halogens is 1. The quantitative estimate of drug-likeness (QED) is 0.562. The van der Waals surface area contributed by atoms with Crippen LogP contribution in [-0.2, 0) is 9.59 Å². The fourth-order valence-electron chi connectivity index (χ4n) is 1.10. The Morgan fingerprint density at radius 2 is 2.00 bits per heavy atom. The lowest BCUT2D eigenvalue weighted by molar-refractivity contribution is -0.137. The Morgan fingerprint density at radius 3 is 2.53 bits per heavy atom. The number of amides is 1. The molecule has 0 aromatic heterocycles. The van der Waals surface area contributed by atoms with Crippen molar-refractivity contribution in [3.8, 4) is 6.07 Å². The van der Waals surface area contributed by atoms with E-state index in [9.17, 15) is 9.59 Å². The van der Waals surface area contributed by atoms with Crippen molar-refractivity contribution in [2.75, 3.05) is 11.9 Å². The Hall–Kier alpha value is -2.33. The molecule has 98 valence electrons.